The maximum atomic E-state index is 12.1. The molecule has 0 saturated carbocycles. The average molecular weight is 310 g/mol. The van der Waals surface area contributed by atoms with Crippen molar-refractivity contribution in [2.45, 2.75) is 20.5 Å². The standard InChI is InChI=1S/C18H18N2O3/c1-3-22-15-6-4-5-7-16(15)23-12-14-11-18(21)20-9-8-13(2)10-17(20)19-14/h4-11H,3,12H2,1-2H3. The van der Waals surface area contributed by atoms with Gasteiger partial charge >= 0.3 is 0 Å². The fourth-order valence-corrected chi connectivity index (χ4v) is 2.32. The average Bonchev–Trinajstić information content (AvgIpc) is 2.54. The van der Waals surface area contributed by atoms with E-state index < -0.39 is 0 Å². The molecule has 0 aliphatic heterocycles. The molecule has 118 valence electrons. The number of para-hydroxylation sites is 2. The second-order valence-electron chi connectivity index (χ2n) is 5.19. The normalized spacial score (nSPS) is 10.7. The zero-order chi connectivity index (χ0) is 16.2. The summed E-state index contributed by atoms with van der Waals surface area (Å²) in [6.45, 7) is 4.66. The second-order valence-corrected chi connectivity index (χ2v) is 5.19. The summed E-state index contributed by atoms with van der Waals surface area (Å²) in [6.07, 6.45) is 1.73. The summed E-state index contributed by atoms with van der Waals surface area (Å²) in [5.74, 6) is 1.32. The lowest BCUT2D eigenvalue weighted by atomic mass is 10.3. The van der Waals surface area contributed by atoms with E-state index in [9.17, 15) is 4.79 Å². The summed E-state index contributed by atoms with van der Waals surface area (Å²) >= 11 is 0. The summed E-state index contributed by atoms with van der Waals surface area (Å²) in [4.78, 5) is 16.6. The van der Waals surface area contributed by atoms with E-state index in [-0.39, 0.29) is 12.2 Å². The van der Waals surface area contributed by atoms with Crippen molar-refractivity contribution in [3.63, 3.8) is 0 Å². The first-order valence-electron chi connectivity index (χ1n) is 7.51. The Labute approximate surface area is 134 Å². The summed E-state index contributed by atoms with van der Waals surface area (Å²) in [5, 5.41) is 0. The maximum Gasteiger partial charge on any atom is 0.258 e. The molecule has 23 heavy (non-hydrogen) atoms. The maximum absolute atomic E-state index is 12.1. The van der Waals surface area contributed by atoms with Gasteiger partial charge < -0.3 is 9.47 Å². The van der Waals surface area contributed by atoms with Crippen LogP contribution in [0.5, 0.6) is 11.5 Å². The number of fused-ring (bicyclic) bond motifs is 1. The van der Waals surface area contributed by atoms with Gasteiger partial charge in [-0.1, -0.05) is 12.1 Å². The van der Waals surface area contributed by atoms with Crippen LogP contribution in [0.15, 0.2) is 53.5 Å². The predicted octanol–water partition coefficient (Wildman–Crippen LogP) is 2.98. The Morgan fingerprint density at radius 3 is 2.57 bits per heavy atom. The van der Waals surface area contributed by atoms with Crippen LogP contribution < -0.4 is 15.0 Å². The minimum atomic E-state index is -0.119. The molecule has 2 aromatic heterocycles. The highest BCUT2D eigenvalue weighted by Gasteiger charge is 2.07. The number of ether oxygens (including phenoxy) is 2. The van der Waals surface area contributed by atoms with E-state index in [0.717, 1.165) is 5.56 Å². The summed E-state index contributed by atoms with van der Waals surface area (Å²) in [7, 11) is 0. The molecule has 0 saturated heterocycles. The first-order valence-corrected chi connectivity index (χ1v) is 7.51. The number of nitrogens with zero attached hydrogens (tertiary/aromatic N) is 2. The highest BCUT2D eigenvalue weighted by atomic mass is 16.5. The third kappa shape index (κ3) is 3.34. The van der Waals surface area contributed by atoms with Crippen LogP contribution in [0.1, 0.15) is 18.2 Å². The Morgan fingerprint density at radius 1 is 1.09 bits per heavy atom. The lowest BCUT2D eigenvalue weighted by molar-refractivity contribution is 0.266. The topological polar surface area (TPSA) is 52.8 Å². The minimum absolute atomic E-state index is 0.119. The van der Waals surface area contributed by atoms with E-state index in [1.807, 2.05) is 50.2 Å². The highest BCUT2D eigenvalue weighted by Crippen LogP contribution is 2.26. The predicted molar refractivity (Wildman–Crippen MR) is 88.1 cm³/mol. The van der Waals surface area contributed by atoms with Gasteiger partial charge in [-0.3, -0.25) is 9.20 Å². The van der Waals surface area contributed by atoms with Gasteiger partial charge in [0.2, 0.25) is 0 Å². The molecule has 0 aliphatic carbocycles. The van der Waals surface area contributed by atoms with Crippen LogP contribution in [-0.4, -0.2) is 16.0 Å². The van der Waals surface area contributed by atoms with Crippen molar-refractivity contribution in [3.05, 3.63) is 70.3 Å². The molecule has 0 atom stereocenters. The second kappa shape index (κ2) is 6.52. The Bertz CT molecular complexity index is 887. The van der Waals surface area contributed by atoms with Crippen LogP contribution in [0.25, 0.3) is 5.65 Å². The van der Waals surface area contributed by atoms with Gasteiger partial charge in [0.15, 0.2) is 11.5 Å². The summed E-state index contributed by atoms with van der Waals surface area (Å²) in [6, 6.07) is 12.7. The van der Waals surface area contributed by atoms with Crippen molar-refractivity contribution >= 4 is 5.65 Å². The molecular formula is C18H18N2O3. The first-order chi connectivity index (χ1) is 11.2. The van der Waals surface area contributed by atoms with Gasteiger partial charge in [0, 0.05) is 12.3 Å². The van der Waals surface area contributed by atoms with Gasteiger partial charge in [0.25, 0.3) is 5.56 Å². The van der Waals surface area contributed by atoms with Crippen molar-refractivity contribution < 1.29 is 9.47 Å². The molecule has 0 radical (unpaired) electrons. The van der Waals surface area contributed by atoms with Crippen LogP contribution >= 0.6 is 0 Å². The van der Waals surface area contributed by atoms with Gasteiger partial charge in [-0.2, -0.15) is 0 Å². The lowest BCUT2D eigenvalue weighted by Crippen LogP contribution is -2.16. The molecule has 3 aromatic rings. The highest BCUT2D eigenvalue weighted by molar-refractivity contribution is 5.42. The molecule has 0 aliphatic rings. The number of aryl methyl sites for hydroxylation is 1. The molecule has 5 heteroatoms. The summed E-state index contributed by atoms with van der Waals surface area (Å²) in [5.41, 5.74) is 2.14. The van der Waals surface area contributed by atoms with E-state index in [0.29, 0.717) is 29.4 Å². The fraction of sp³-hybridized carbons (Fsp3) is 0.222. The van der Waals surface area contributed by atoms with Crippen LogP contribution in [0.3, 0.4) is 0 Å². The molecular weight excluding hydrogens is 292 g/mol. The third-order valence-electron chi connectivity index (χ3n) is 3.40. The molecule has 0 amide bonds. The molecule has 0 unspecified atom stereocenters. The fourth-order valence-electron chi connectivity index (χ4n) is 2.32. The quantitative estimate of drug-likeness (QED) is 0.727. The third-order valence-corrected chi connectivity index (χ3v) is 3.40. The first kappa shape index (κ1) is 15.1. The molecule has 5 nitrogen and oxygen atoms in total. The van der Waals surface area contributed by atoms with Crippen molar-refractivity contribution in [1.82, 2.24) is 9.38 Å². The molecule has 2 heterocycles. The van der Waals surface area contributed by atoms with Gasteiger partial charge in [-0.25, -0.2) is 4.98 Å². The molecule has 0 fully saturated rings. The van der Waals surface area contributed by atoms with Gasteiger partial charge in [-0.15, -0.1) is 0 Å². The molecule has 0 spiro atoms. The monoisotopic (exact) mass is 310 g/mol. The van der Waals surface area contributed by atoms with E-state index in [1.54, 1.807) is 6.20 Å². The van der Waals surface area contributed by atoms with E-state index >= 15 is 0 Å². The largest absolute Gasteiger partial charge is 0.490 e. The summed E-state index contributed by atoms with van der Waals surface area (Å²) < 4.78 is 12.8. The van der Waals surface area contributed by atoms with Crippen molar-refractivity contribution in [2.24, 2.45) is 0 Å². The van der Waals surface area contributed by atoms with Crippen LogP contribution in [0.2, 0.25) is 0 Å². The molecule has 0 bridgehead atoms. The molecule has 3 rings (SSSR count). The van der Waals surface area contributed by atoms with Crippen molar-refractivity contribution in [2.75, 3.05) is 6.61 Å². The number of aromatic nitrogens is 2. The van der Waals surface area contributed by atoms with Crippen molar-refractivity contribution in [1.29, 1.82) is 0 Å². The Kier molecular flexibility index (Phi) is 4.28. The molecule has 1 aromatic carbocycles. The van der Waals surface area contributed by atoms with E-state index in [4.69, 9.17) is 9.47 Å². The number of hydrogen-bond acceptors (Lipinski definition) is 4. The Morgan fingerprint density at radius 2 is 1.83 bits per heavy atom. The number of benzene rings is 1. The van der Waals surface area contributed by atoms with Crippen molar-refractivity contribution in [3.8, 4) is 11.5 Å². The lowest BCUT2D eigenvalue weighted by Gasteiger charge is -2.11. The van der Waals surface area contributed by atoms with E-state index in [1.165, 1.54) is 10.5 Å². The van der Waals surface area contributed by atoms with Crippen LogP contribution in [-0.2, 0) is 6.61 Å². The van der Waals surface area contributed by atoms with Gasteiger partial charge in [0.05, 0.1) is 12.3 Å². The number of rotatable bonds is 5. The van der Waals surface area contributed by atoms with Gasteiger partial charge in [0.1, 0.15) is 12.3 Å². The minimum Gasteiger partial charge on any atom is -0.490 e. The molecule has 0 N–H and O–H groups in total. The zero-order valence-electron chi connectivity index (χ0n) is 13.2. The SMILES string of the molecule is CCOc1ccccc1OCc1cc(=O)n2ccc(C)cc2n1. The number of hydrogen-bond donors (Lipinski definition) is 0. The van der Waals surface area contributed by atoms with Crippen LogP contribution in [0, 0.1) is 6.92 Å². The number of pyridine rings is 1. The van der Waals surface area contributed by atoms with E-state index in [2.05, 4.69) is 4.98 Å². The Balaban J connectivity index is 1.86. The Hall–Kier alpha value is -2.82. The van der Waals surface area contributed by atoms with Gasteiger partial charge in [-0.05, 0) is 43.7 Å². The zero-order valence-corrected chi connectivity index (χ0v) is 13.2. The smallest absolute Gasteiger partial charge is 0.258 e. The van der Waals surface area contributed by atoms with Crippen LogP contribution in [0.4, 0.5) is 0 Å².